The Morgan fingerprint density at radius 1 is 1.38 bits per heavy atom. The van der Waals surface area contributed by atoms with E-state index in [2.05, 4.69) is 4.98 Å². The van der Waals surface area contributed by atoms with Crippen molar-refractivity contribution in [1.82, 2.24) is 9.55 Å². The molecule has 0 aromatic carbocycles. The molecule has 9 nitrogen and oxygen atoms in total. The molecule has 1 aromatic rings. The van der Waals surface area contributed by atoms with Crippen LogP contribution in [0.25, 0.3) is 0 Å². The molecule has 0 aliphatic heterocycles. The average Bonchev–Trinajstić information content (AvgIpc) is 2.29. The van der Waals surface area contributed by atoms with Crippen LogP contribution in [-0.2, 0) is 7.05 Å². The summed E-state index contributed by atoms with van der Waals surface area (Å²) in [5, 5.41) is 20.5. The second kappa shape index (κ2) is 2.69. The largest absolute Gasteiger partial charge is 0.476 e. The molecule has 9 heteroatoms. The topological polar surface area (TPSA) is 130 Å². The first kappa shape index (κ1) is 8.90. The number of anilines is 1. The van der Waals surface area contributed by atoms with Gasteiger partial charge in [-0.25, -0.2) is 0 Å². The standard InChI is InChI=1S/C4H5N5O4/c1-7-2(5)3(8(10)11)6-4(7)9(12)13/h5H2,1H3. The minimum atomic E-state index is -0.873. The maximum atomic E-state index is 10.3. The van der Waals surface area contributed by atoms with E-state index in [1.165, 1.54) is 7.05 Å². The van der Waals surface area contributed by atoms with Crippen molar-refractivity contribution in [1.29, 1.82) is 0 Å². The third-order valence-electron chi connectivity index (χ3n) is 1.43. The maximum absolute atomic E-state index is 10.3. The molecule has 0 spiro atoms. The molecule has 0 fully saturated rings. The van der Waals surface area contributed by atoms with E-state index in [0.29, 0.717) is 0 Å². The van der Waals surface area contributed by atoms with Crippen LogP contribution in [0, 0.1) is 20.2 Å². The van der Waals surface area contributed by atoms with Crippen LogP contribution in [0.5, 0.6) is 0 Å². The van der Waals surface area contributed by atoms with Gasteiger partial charge >= 0.3 is 11.8 Å². The first-order valence-corrected chi connectivity index (χ1v) is 3.06. The van der Waals surface area contributed by atoms with Gasteiger partial charge in [0.2, 0.25) is 0 Å². The molecule has 0 atom stereocenters. The van der Waals surface area contributed by atoms with Gasteiger partial charge in [-0.2, -0.15) is 4.57 Å². The number of rotatable bonds is 2. The lowest BCUT2D eigenvalue weighted by molar-refractivity contribution is -0.403. The summed E-state index contributed by atoms with van der Waals surface area (Å²) in [7, 11) is 1.23. The molecule has 0 saturated heterocycles. The highest BCUT2D eigenvalue weighted by molar-refractivity contribution is 5.51. The molecule has 0 bridgehead atoms. The van der Waals surface area contributed by atoms with Crippen LogP contribution in [0.15, 0.2) is 0 Å². The molecule has 0 aliphatic carbocycles. The molecule has 0 saturated carbocycles. The Bertz CT molecular complexity index is 348. The van der Waals surface area contributed by atoms with E-state index >= 15 is 0 Å². The first-order valence-electron chi connectivity index (χ1n) is 3.06. The summed E-state index contributed by atoms with van der Waals surface area (Å²) in [6.45, 7) is 0. The van der Waals surface area contributed by atoms with Crippen LogP contribution in [0.4, 0.5) is 17.6 Å². The van der Waals surface area contributed by atoms with E-state index in [0.717, 1.165) is 4.57 Å². The number of nitrogens with two attached hydrogens (primary N) is 1. The van der Waals surface area contributed by atoms with Gasteiger partial charge in [-0.05, 0) is 9.85 Å². The van der Waals surface area contributed by atoms with E-state index in [1.807, 2.05) is 0 Å². The molecule has 1 aromatic heterocycles. The third-order valence-corrected chi connectivity index (χ3v) is 1.43. The van der Waals surface area contributed by atoms with Crippen molar-refractivity contribution in [2.45, 2.75) is 0 Å². The van der Waals surface area contributed by atoms with Crippen molar-refractivity contribution in [3.63, 3.8) is 0 Å². The van der Waals surface area contributed by atoms with Crippen molar-refractivity contribution in [2.75, 3.05) is 5.73 Å². The molecule has 1 rings (SSSR count). The summed E-state index contributed by atoms with van der Waals surface area (Å²) in [5.74, 6) is -1.69. The number of hydrogen-bond donors (Lipinski definition) is 1. The van der Waals surface area contributed by atoms with Crippen molar-refractivity contribution in [2.24, 2.45) is 7.05 Å². The lowest BCUT2D eigenvalue weighted by atomic mass is 10.7. The maximum Gasteiger partial charge on any atom is 0.476 e. The summed E-state index contributed by atoms with van der Waals surface area (Å²) in [6, 6.07) is 0. The predicted octanol–water partition coefficient (Wildman–Crippen LogP) is -0.181. The van der Waals surface area contributed by atoms with Crippen LogP contribution in [0.2, 0.25) is 0 Å². The Hall–Kier alpha value is -2.19. The molecular formula is C4H5N5O4. The molecule has 70 valence electrons. The van der Waals surface area contributed by atoms with Gasteiger partial charge in [-0.15, -0.1) is 0 Å². The van der Waals surface area contributed by atoms with Gasteiger partial charge in [0.25, 0.3) is 5.82 Å². The minimum Gasteiger partial charge on any atom is -0.389 e. The van der Waals surface area contributed by atoms with Crippen molar-refractivity contribution < 1.29 is 9.85 Å². The van der Waals surface area contributed by atoms with Crippen LogP contribution in [0.1, 0.15) is 0 Å². The summed E-state index contributed by atoms with van der Waals surface area (Å²) in [6.07, 6.45) is 0. The first-order chi connectivity index (χ1) is 5.95. The van der Waals surface area contributed by atoms with Crippen molar-refractivity contribution >= 4 is 17.6 Å². The number of nitrogens with zero attached hydrogens (tertiary/aromatic N) is 4. The molecule has 0 radical (unpaired) electrons. The highest BCUT2D eigenvalue weighted by Crippen LogP contribution is 2.24. The van der Waals surface area contributed by atoms with Crippen LogP contribution >= 0.6 is 0 Å². The van der Waals surface area contributed by atoms with Gasteiger partial charge in [-0.1, -0.05) is 0 Å². The van der Waals surface area contributed by atoms with E-state index in [4.69, 9.17) is 5.73 Å². The Labute approximate surface area is 71.1 Å². The summed E-state index contributed by atoms with van der Waals surface area (Å²) in [4.78, 5) is 21.9. The van der Waals surface area contributed by atoms with Gasteiger partial charge in [0.15, 0.2) is 0 Å². The fourth-order valence-corrected chi connectivity index (χ4v) is 0.782. The van der Waals surface area contributed by atoms with Crippen LogP contribution in [-0.4, -0.2) is 19.4 Å². The van der Waals surface area contributed by atoms with Crippen LogP contribution < -0.4 is 5.73 Å². The van der Waals surface area contributed by atoms with Crippen LogP contribution in [0.3, 0.4) is 0 Å². The van der Waals surface area contributed by atoms with Gasteiger partial charge in [0.1, 0.15) is 0 Å². The predicted molar refractivity (Wildman–Crippen MR) is 40.9 cm³/mol. The van der Waals surface area contributed by atoms with Gasteiger partial charge in [0, 0.05) is 4.98 Å². The quantitative estimate of drug-likeness (QED) is 0.504. The highest BCUT2D eigenvalue weighted by atomic mass is 16.6. The molecule has 13 heavy (non-hydrogen) atoms. The third kappa shape index (κ3) is 1.26. The molecular weight excluding hydrogens is 182 g/mol. The molecule has 1 heterocycles. The molecule has 0 unspecified atom stereocenters. The van der Waals surface area contributed by atoms with E-state index in [1.54, 1.807) is 0 Å². The van der Waals surface area contributed by atoms with E-state index in [-0.39, 0.29) is 5.82 Å². The van der Waals surface area contributed by atoms with Gasteiger partial charge in [-0.3, -0.25) is 0 Å². The number of nitro groups is 2. The summed E-state index contributed by atoms with van der Waals surface area (Å²) in [5.41, 5.74) is 5.20. The normalized spacial score (nSPS) is 9.92. The fourth-order valence-electron chi connectivity index (χ4n) is 0.782. The van der Waals surface area contributed by atoms with Crippen molar-refractivity contribution in [3.05, 3.63) is 20.2 Å². The Balaban J connectivity index is 3.36. The SMILES string of the molecule is Cn1c([N+](=O)[O-])nc([N+](=O)[O-])c1N. The Morgan fingerprint density at radius 3 is 2.15 bits per heavy atom. The second-order valence-corrected chi connectivity index (χ2v) is 2.19. The van der Waals surface area contributed by atoms with E-state index in [9.17, 15) is 20.2 Å². The zero-order valence-electron chi connectivity index (χ0n) is 6.50. The number of imidazole rings is 1. The monoisotopic (exact) mass is 187 g/mol. The second-order valence-electron chi connectivity index (χ2n) is 2.19. The zero-order chi connectivity index (χ0) is 10.2. The van der Waals surface area contributed by atoms with Gasteiger partial charge < -0.3 is 26.0 Å². The molecule has 0 aliphatic rings. The highest BCUT2D eigenvalue weighted by Gasteiger charge is 2.29. The van der Waals surface area contributed by atoms with Gasteiger partial charge in [0.05, 0.1) is 7.05 Å². The minimum absolute atomic E-state index is 0.336. The Kier molecular flexibility index (Phi) is 1.85. The zero-order valence-corrected chi connectivity index (χ0v) is 6.50. The molecule has 0 amide bonds. The average molecular weight is 187 g/mol. The van der Waals surface area contributed by atoms with E-state index < -0.39 is 21.6 Å². The lowest BCUT2D eigenvalue weighted by Crippen LogP contribution is -2.01. The number of nitrogen functional groups attached to an aromatic ring is 1. The number of hydrogen-bond acceptors (Lipinski definition) is 6. The Morgan fingerprint density at radius 2 is 1.92 bits per heavy atom. The fraction of sp³-hybridized carbons (Fsp3) is 0.250. The number of aromatic nitrogens is 2. The molecule has 2 N–H and O–H groups in total. The summed E-state index contributed by atoms with van der Waals surface area (Å²) < 4.78 is 0.845. The van der Waals surface area contributed by atoms with Crippen molar-refractivity contribution in [3.8, 4) is 0 Å². The smallest absolute Gasteiger partial charge is 0.389 e. The summed E-state index contributed by atoms with van der Waals surface area (Å²) >= 11 is 0. The lowest BCUT2D eigenvalue weighted by Gasteiger charge is -1.91.